The number of phenols is 2. The number of fused-ring (bicyclic) bond motifs is 1. The van der Waals surface area contributed by atoms with E-state index in [1.165, 1.54) is 13.2 Å². The number of hydrogen-bond donors (Lipinski definition) is 2. The van der Waals surface area contributed by atoms with Crippen LogP contribution in [0.3, 0.4) is 0 Å². The van der Waals surface area contributed by atoms with Gasteiger partial charge in [0.25, 0.3) is 0 Å². The molecule has 0 radical (unpaired) electrons. The number of rotatable bonds is 1. The zero-order valence-corrected chi connectivity index (χ0v) is 15.3. The van der Waals surface area contributed by atoms with Crippen LogP contribution in [0.1, 0.15) is 54.0 Å². The third-order valence-corrected chi connectivity index (χ3v) is 5.96. The van der Waals surface area contributed by atoms with Gasteiger partial charge in [-0.15, -0.1) is 0 Å². The number of hydrogen-bond acceptors (Lipinski definition) is 6. The number of carbonyl (C=O) groups is 2. The summed E-state index contributed by atoms with van der Waals surface area (Å²) in [6, 6.07) is 0. The zero-order valence-electron chi connectivity index (χ0n) is 15.3. The van der Waals surface area contributed by atoms with E-state index in [9.17, 15) is 19.8 Å². The highest BCUT2D eigenvalue weighted by molar-refractivity contribution is 6.23. The number of carbonyl (C=O) groups excluding carboxylic acids is 2. The summed E-state index contributed by atoms with van der Waals surface area (Å²) in [5, 5.41) is 21.2. The van der Waals surface area contributed by atoms with E-state index in [4.69, 9.17) is 9.47 Å². The Hall–Kier alpha value is -2.76. The van der Waals surface area contributed by atoms with E-state index in [1.807, 2.05) is 20.8 Å². The number of Topliss-reactive ketones (excluding diaryl/α,β-unsaturated/α-hetero) is 1. The molecule has 4 rings (SSSR count). The fourth-order valence-electron chi connectivity index (χ4n) is 4.27. The SMILES string of the molecule is COc1c(O)c2c3c(c1O)C(=O)[C@H]1C(=C3C(C)=CC2=O)O[C@@H](C)C1(C)C. The van der Waals surface area contributed by atoms with Crippen molar-refractivity contribution < 1.29 is 29.3 Å². The molecule has 0 bridgehead atoms. The molecule has 1 heterocycles. The summed E-state index contributed by atoms with van der Waals surface area (Å²) in [6.45, 7) is 7.55. The third kappa shape index (κ3) is 1.71. The number of allylic oxidation sites excluding steroid dienone is 4. The molecule has 6 nitrogen and oxygen atoms in total. The van der Waals surface area contributed by atoms with E-state index in [1.54, 1.807) is 6.92 Å². The van der Waals surface area contributed by atoms with Crippen LogP contribution in [0, 0.1) is 11.3 Å². The highest BCUT2D eigenvalue weighted by Crippen LogP contribution is 2.59. The number of ether oxygens (including phenoxy) is 2. The predicted molar refractivity (Wildman–Crippen MR) is 93.5 cm³/mol. The Morgan fingerprint density at radius 2 is 1.73 bits per heavy atom. The van der Waals surface area contributed by atoms with Crippen LogP contribution in [-0.4, -0.2) is 35.0 Å². The Morgan fingerprint density at radius 1 is 1.12 bits per heavy atom. The molecular weight excluding hydrogens is 336 g/mol. The second kappa shape index (κ2) is 4.90. The number of benzene rings is 1. The van der Waals surface area contributed by atoms with Gasteiger partial charge in [0, 0.05) is 16.6 Å². The van der Waals surface area contributed by atoms with Crippen molar-refractivity contribution >= 4 is 17.1 Å². The van der Waals surface area contributed by atoms with E-state index in [-0.39, 0.29) is 34.3 Å². The molecule has 0 amide bonds. The van der Waals surface area contributed by atoms with Gasteiger partial charge in [0.1, 0.15) is 11.9 Å². The molecule has 6 heteroatoms. The summed E-state index contributed by atoms with van der Waals surface area (Å²) < 4.78 is 11.1. The van der Waals surface area contributed by atoms with Gasteiger partial charge in [0.05, 0.1) is 24.2 Å². The van der Waals surface area contributed by atoms with Gasteiger partial charge in [-0.25, -0.2) is 0 Å². The lowest BCUT2D eigenvalue weighted by Crippen LogP contribution is -2.35. The molecule has 136 valence electrons. The summed E-state index contributed by atoms with van der Waals surface area (Å²) in [7, 11) is 1.27. The monoisotopic (exact) mass is 356 g/mol. The molecule has 0 spiro atoms. The number of methoxy groups -OCH3 is 1. The van der Waals surface area contributed by atoms with E-state index in [2.05, 4.69) is 0 Å². The first-order valence-corrected chi connectivity index (χ1v) is 8.47. The number of aromatic hydroxyl groups is 2. The van der Waals surface area contributed by atoms with Gasteiger partial charge in [0.15, 0.2) is 23.1 Å². The van der Waals surface area contributed by atoms with Crippen LogP contribution in [0.15, 0.2) is 17.4 Å². The van der Waals surface area contributed by atoms with Crippen molar-refractivity contribution in [2.45, 2.75) is 33.8 Å². The molecule has 1 aliphatic heterocycles. The lowest BCUT2D eigenvalue weighted by Gasteiger charge is -2.33. The lowest BCUT2D eigenvalue weighted by molar-refractivity contribution is 0.0805. The highest BCUT2D eigenvalue weighted by atomic mass is 16.5. The van der Waals surface area contributed by atoms with Gasteiger partial charge < -0.3 is 19.7 Å². The third-order valence-electron chi connectivity index (χ3n) is 5.96. The molecule has 0 unspecified atom stereocenters. The van der Waals surface area contributed by atoms with Crippen LogP contribution in [-0.2, 0) is 4.74 Å². The summed E-state index contributed by atoms with van der Waals surface area (Å²) in [4.78, 5) is 25.9. The molecule has 2 atom stereocenters. The van der Waals surface area contributed by atoms with Crippen LogP contribution in [0.2, 0.25) is 0 Å². The fourth-order valence-corrected chi connectivity index (χ4v) is 4.27. The molecule has 1 saturated heterocycles. The normalized spacial score (nSPS) is 25.5. The average molecular weight is 356 g/mol. The van der Waals surface area contributed by atoms with Gasteiger partial charge in [0.2, 0.25) is 5.75 Å². The topological polar surface area (TPSA) is 93.1 Å². The van der Waals surface area contributed by atoms with Gasteiger partial charge in [-0.1, -0.05) is 13.8 Å². The molecule has 3 aliphatic rings. The van der Waals surface area contributed by atoms with Crippen molar-refractivity contribution in [3.8, 4) is 17.2 Å². The summed E-state index contributed by atoms with van der Waals surface area (Å²) in [6.07, 6.45) is 1.19. The summed E-state index contributed by atoms with van der Waals surface area (Å²) in [5.74, 6) is -2.00. The van der Waals surface area contributed by atoms with Gasteiger partial charge >= 0.3 is 0 Å². The minimum absolute atomic E-state index is 0.0185. The van der Waals surface area contributed by atoms with Gasteiger partial charge in [-0.2, -0.15) is 0 Å². The van der Waals surface area contributed by atoms with Crippen LogP contribution < -0.4 is 4.74 Å². The average Bonchev–Trinajstić information content (AvgIpc) is 2.77. The second-order valence-corrected chi connectivity index (χ2v) is 7.67. The maximum atomic E-state index is 13.4. The van der Waals surface area contributed by atoms with Crippen molar-refractivity contribution in [2.75, 3.05) is 7.11 Å². The predicted octanol–water partition coefficient (Wildman–Crippen LogP) is 3.22. The first kappa shape index (κ1) is 16.7. The second-order valence-electron chi connectivity index (χ2n) is 7.67. The van der Waals surface area contributed by atoms with E-state index in [0.717, 1.165) is 0 Å². The maximum Gasteiger partial charge on any atom is 0.204 e. The smallest absolute Gasteiger partial charge is 0.204 e. The van der Waals surface area contributed by atoms with E-state index < -0.39 is 28.6 Å². The Labute approximate surface area is 150 Å². The van der Waals surface area contributed by atoms with Crippen molar-refractivity contribution in [3.63, 3.8) is 0 Å². The van der Waals surface area contributed by atoms with Crippen LogP contribution >= 0.6 is 0 Å². The standard InChI is InChI=1S/C20H20O6/c1-7-6-9(21)11-12-10(7)18-14(20(3,4)8(2)26-18)15(22)13(12)17(24)19(25-5)16(11)23/h6,8,14,23-24H,1-5H3/t8-,14-/m0/s1. The maximum absolute atomic E-state index is 13.4. The molecule has 0 aromatic heterocycles. The van der Waals surface area contributed by atoms with E-state index in [0.29, 0.717) is 16.9 Å². The van der Waals surface area contributed by atoms with Crippen molar-refractivity contribution in [2.24, 2.45) is 11.3 Å². The minimum atomic E-state index is -0.579. The Bertz CT molecular complexity index is 963. The first-order chi connectivity index (χ1) is 12.1. The summed E-state index contributed by atoms with van der Waals surface area (Å²) >= 11 is 0. The Kier molecular flexibility index (Phi) is 3.15. The van der Waals surface area contributed by atoms with Crippen molar-refractivity contribution in [1.29, 1.82) is 0 Å². The molecule has 1 aromatic rings. The molecule has 2 aliphatic carbocycles. The first-order valence-electron chi connectivity index (χ1n) is 8.47. The molecule has 1 aromatic carbocycles. The van der Waals surface area contributed by atoms with Crippen molar-refractivity contribution in [3.05, 3.63) is 34.1 Å². The molecule has 1 fully saturated rings. The zero-order chi connectivity index (χ0) is 19.1. The minimum Gasteiger partial charge on any atom is -0.504 e. The Balaban J connectivity index is 2.19. The van der Waals surface area contributed by atoms with Crippen LogP contribution in [0.5, 0.6) is 17.2 Å². The lowest BCUT2D eigenvalue weighted by atomic mass is 9.66. The molecule has 2 N–H and O–H groups in total. The fraction of sp³-hybridized carbons (Fsp3) is 0.400. The van der Waals surface area contributed by atoms with Gasteiger partial charge in [-0.05, 0) is 25.5 Å². The van der Waals surface area contributed by atoms with Crippen molar-refractivity contribution in [1.82, 2.24) is 0 Å². The molecular formula is C20H20O6. The van der Waals surface area contributed by atoms with E-state index >= 15 is 0 Å². The highest BCUT2D eigenvalue weighted by Gasteiger charge is 2.56. The Morgan fingerprint density at radius 3 is 2.35 bits per heavy atom. The van der Waals surface area contributed by atoms with Crippen LogP contribution in [0.25, 0.3) is 5.57 Å². The molecule has 26 heavy (non-hydrogen) atoms. The quantitative estimate of drug-likeness (QED) is 0.802. The number of ketones is 2. The number of phenolic OH excluding ortho intramolecular Hbond substituents is 2. The van der Waals surface area contributed by atoms with Crippen LogP contribution in [0.4, 0.5) is 0 Å². The van der Waals surface area contributed by atoms with Gasteiger partial charge in [-0.3, -0.25) is 9.59 Å². The molecule has 0 saturated carbocycles. The summed E-state index contributed by atoms with van der Waals surface area (Å²) in [5.41, 5.74) is 0.985. The largest absolute Gasteiger partial charge is 0.504 e.